The third-order valence-electron chi connectivity index (χ3n) is 4.97. The van der Waals surface area contributed by atoms with Crippen molar-refractivity contribution >= 4 is 5.91 Å². The number of amides is 1. The molecule has 0 unspecified atom stereocenters. The minimum atomic E-state index is -0.0471. The number of methoxy groups -OCH3 is 2. The van der Waals surface area contributed by atoms with E-state index in [2.05, 4.69) is 15.3 Å². The number of nitrogens with zero attached hydrogens (tertiary/aromatic N) is 3. The summed E-state index contributed by atoms with van der Waals surface area (Å²) in [6.45, 7) is 4.61. The molecule has 3 rings (SSSR count). The first-order valence-electron chi connectivity index (χ1n) is 9.24. The fraction of sp³-hybridized carbons (Fsp3) is 0.500. The van der Waals surface area contributed by atoms with Crippen LogP contribution in [-0.2, 0) is 13.6 Å². The molecular formula is C20H28N4O3. The van der Waals surface area contributed by atoms with Gasteiger partial charge >= 0.3 is 0 Å². The zero-order chi connectivity index (χ0) is 19.4. The molecule has 2 heterocycles. The molecule has 0 atom stereocenters. The zero-order valence-electron chi connectivity index (χ0n) is 16.5. The summed E-state index contributed by atoms with van der Waals surface area (Å²) in [7, 11) is 5.12. The minimum absolute atomic E-state index is 0.0471. The molecule has 7 heteroatoms. The van der Waals surface area contributed by atoms with Gasteiger partial charge in [0.15, 0.2) is 0 Å². The van der Waals surface area contributed by atoms with Gasteiger partial charge in [-0.2, -0.15) is 5.10 Å². The van der Waals surface area contributed by atoms with E-state index in [9.17, 15) is 4.79 Å². The summed E-state index contributed by atoms with van der Waals surface area (Å²) in [6.07, 6.45) is 1.87. The normalized spacial score (nSPS) is 15.6. The Morgan fingerprint density at radius 2 is 1.78 bits per heavy atom. The smallest absolute Gasteiger partial charge is 0.269 e. The molecule has 1 aromatic heterocycles. The monoisotopic (exact) mass is 372 g/mol. The average Bonchev–Trinajstić information content (AvgIpc) is 3.01. The number of aromatic nitrogens is 2. The Morgan fingerprint density at radius 3 is 2.30 bits per heavy atom. The topological polar surface area (TPSA) is 68.6 Å². The van der Waals surface area contributed by atoms with E-state index in [4.69, 9.17) is 9.47 Å². The van der Waals surface area contributed by atoms with Crippen LogP contribution in [0.4, 0.5) is 0 Å². The molecule has 0 bridgehead atoms. The average molecular weight is 372 g/mol. The number of rotatable bonds is 6. The van der Waals surface area contributed by atoms with Crippen molar-refractivity contribution in [1.82, 2.24) is 20.0 Å². The summed E-state index contributed by atoms with van der Waals surface area (Å²) >= 11 is 0. The predicted molar refractivity (Wildman–Crippen MR) is 103 cm³/mol. The van der Waals surface area contributed by atoms with Gasteiger partial charge in [-0.25, -0.2) is 0 Å². The number of aryl methyl sites for hydroxylation is 2. The first-order valence-corrected chi connectivity index (χ1v) is 9.24. The zero-order valence-corrected chi connectivity index (χ0v) is 16.5. The van der Waals surface area contributed by atoms with Crippen molar-refractivity contribution in [3.05, 3.63) is 41.2 Å². The molecule has 1 aromatic carbocycles. The molecule has 7 nitrogen and oxygen atoms in total. The molecule has 146 valence electrons. The van der Waals surface area contributed by atoms with E-state index in [0.717, 1.165) is 49.7 Å². The van der Waals surface area contributed by atoms with Crippen molar-refractivity contribution in [2.45, 2.75) is 32.4 Å². The largest absolute Gasteiger partial charge is 0.497 e. The number of piperidine rings is 1. The Hall–Kier alpha value is -2.54. The number of carbonyl (C=O) groups excluding carboxylic acids is 1. The van der Waals surface area contributed by atoms with Crippen LogP contribution in [-0.4, -0.2) is 53.9 Å². The first-order chi connectivity index (χ1) is 13.0. The van der Waals surface area contributed by atoms with Crippen molar-refractivity contribution in [2.24, 2.45) is 7.05 Å². The van der Waals surface area contributed by atoms with Gasteiger partial charge in [-0.1, -0.05) is 0 Å². The molecule has 1 aliphatic heterocycles. The quantitative estimate of drug-likeness (QED) is 0.841. The van der Waals surface area contributed by atoms with E-state index in [1.54, 1.807) is 25.9 Å². The van der Waals surface area contributed by atoms with E-state index >= 15 is 0 Å². The second kappa shape index (κ2) is 8.43. The summed E-state index contributed by atoms with van der Waals surface area (Å²) in [4.78, 5) is 14.8. The fourth-order valence-electron chi connectivity index (χ4n) is 3.53. The molecule has 2 aromatic rings. The van der Waals surface area contributed by atoms with Gasteiger partial charge in [-0.15, -0.1) is 0 Å². The molecular weight excluding hydrogens is 344 g/mol. The number of hydrogen-bond donors (Lipinski definition) is 1. The molecule has 1 N–H and O–H groups in total. The van der Waals surface area contributed by atoms with Crippen LogP contribution in [0, 0.1) is 6.92 Å². The summed E-state index contributed by atoms with van der Waals surface area (Å²) in [5.41, 5.74) is 2.63. The summed E-state index contributed by atoms with van der Waals surface area (Å²) in [5.74, 6) is 1.56. The van der Waals surface area contributed by atoms with Crippen LogP contribution in [0.1, 0.15) is 34.6 Å². The molecule has 27 heavy (non-hydrogen) atoms. The number of likely N-dealkylation sites (tertiary alicyclic amines) is 1. The summed E-state index contributed by atoms with van der Waals surface area (Å²) < 4.78 is 12.3. The highest BCUT2D eigenvalue weighted by atomic mass is 16.5. The van der Waals surface area contributed by atoms with E-state index in [0.29, 0.717) is 5.69 Å². The Bertz CT molecular complexity index is 772. The predicted octanol–water partition coefficient (Wildman–Crippen LogP) is 2.14. The van der Waals surface area contributed by atoms with Gasteiger partial charge in [0.05, 0.1) is 19.9 Å². The fourth-order valence-corrected chi connectivity index (χ4v) is 3.53. The van der Waals surface area contributed by atoms with Crippen molar-refractivity contribution in [1.29, 1.82) is 0 Å². The highest BCUT2D eigenvalue weighted by Gasteiger charge is 2.22. The Kier molecular flexibility index (Phi) is 6.01. The van der Waals surface area contributed by atoms with Crippen molar-refractivity contribution in [3.63, 3.8) is 0 Å². The van der Waals surface area contributed by atoms with Crippen molar-refractivity contribution in [2.75, 3.05) is 27.3 Å². The van der Waals surface area contributed by atoms with Crippen LogP contribution in [0.5, 0.6) is 11.5 Å². The van der Waals surface area contributed by atoms with Gasteiger partial charge < -0.3 is 14.8 Å². The van der Waals surface area contributed by atoms with Crippen LogP contribution in [0.2, 0.25) is 0 Å². The molecule has 1 fully saturated rings. The third-order valence-corrected chi connectivity index (χ3v) is 4.97. The van der Waals surface area contributed by atoms with Crippen LogP contribution in [0.25, 0.3) is 0 Å². The van der Waals surface area contributed by atoms with Crippen LogP contribution in [0.3, 0.4) is 0 Å². The molecule has 1 amide bonds. The first kappa shape index (κ1) is 19.2. The maximum absolute atomic E-state index is 12.4. The van der Waals surface area contributed by atoms with Crippen LogP contribution >= 0.6 is 0 Å². The van der Waals surface area contributed by atoms with Crippen LogP contribution in [0.15, 0.2) is 24.3 Å². The Labute approximate surface area is 160 Å². The molecule has 0 aliphatic carbocycles. The van der Waals surface area contributed by atoms with Gasteiger partial charge in [-0.3, -0.25) is 14.4 Å². The number of carbonyl (C=O) groups is 1. The third kappa shape index (κ3) is 4.80. The van der Waals surface area contributed by atoms with Crippen molar-refractivity contribution in [3.8, 4) is 11.5 Å². The molecule has 0 saturated carbocycles. The lowest BCUT2D eigenvalue weighted by atomic mass is 10.0. The van der Waals surface area contributed by atoms with Gasteiger partial charge in [0.2, 0.25) is 0 Å². The Balaban J connectivity index is 1.53. The van der Waals surface area contributed by atoms with Crippen molar-refractivity contribution < 1.29 is 14.3 Å². The van der Waals surface area contributed by atoms with E-state index in [1.807, 2.05) is 31.2 Å². The number of hydrogen-bond acceptors (Lipinski definition) is 5. The number of ether oxygens (including phenoxy) is 2. The standard InChI is InChI=1S/C20H28N4O3/c1-14-9-19(23(2)22-14)20(25)21-16-5-7-24(8-6-16)13-15-10-17(26-3)12-18(11-15)27-4/h9-12,16H,5-8,13H2,1-4H3,(H,21,25). The lowest BCUT2D eigenvalue weighted by Crippen LogP contribution is -2.44. The highest BCUT2D eigenvalue weighted by molar-refractivity contribution is 5.92. The maximum Gasteiger partial charge on any atom is 0.269 e. The molecule has 1 aliphatic rings. The summed E-state index contributed by atoms with van der Waals surface area (Å²) in [6, 6.07) is 7.98. The van der Waals surface area contributed by atoms with E-state index in [1.165, 1.54) is 5.56 Å². The van der Waals surface area contributed by atoms with Gasteiger partial charge in [0, 0.05) is 38.8 Å². The van der Waals surface area contributed by atoms with Gasteiger partial charge in [0.1, 0.15) is 17.2 Å². The number of benzene rings is 1. The van der Waals surface area contributed by atoms with E-state index < -0.39 is 0 Å². The summed E-state index contributed by atoms with van der Waals surface area (Å²) in [5, 5.41) is 7.38. The minimum Gasteiger partial charge on any atom is -0.497 e. The van der Waals surface area contributed by atoms with Crippen LogP contribution < -0.4 is 14.8 Å². The second-order valence-electron chi connectivity index (χ2n) is 7.04. The van der Waals surface area contributed by atoms with Gasteiger partial charge in [-0.05, 0) is 43.5 Å². The molecule has 1 saturated heterocycles. The number of nitrogens with one attached hydrogen (secondary N) is 1. The lowest BCUT2D eigenvalue weighted by molar-refractivity contribution is 0.0899. The second-order valence-corrected chi connectivity index (χ2v) is 7.04. The van der Waals surface area contributed by atoms with Gasteiger partial charge in [0.25, 0.3) is 5.91 Å². The SMILES string of the molecule is COc1cc(CN2CCC(NC(=O)c3cc(C)nn3C)CC2)cc(OC)c1. The highest BCUT2D eigenvalue weighted by Crippen LogP contribution is 2.24. The van der Waals surface area contributed by atoms with E-state index in [-0.39, 0.29) is 11.9 Å². The molecule has 0 spiro atoms. The maximum atomic E-state index is 12.4. The Morgan fingerprint density at radius 1 is 1.15 bits per heavy atom. The molecule has 0 radical (unpaired) electrons. The lowest BCUT2D eigenvalue weighted by Gasteiger charge is -2.32.